The molecule has 0 aliphatic rings. The van der Waals surface area contributed by atoms with Crippen LogP contribution in [0.2, 0.25) is 5.02 Å². The lowest BCUT2D eigenvalue weighted by Gasteiger charge is -2.15. The summed E-state index contributed by atoms with van der Waals surface area (Å²) >= 11 is 5.93. The fourth-order valence-electron chi connectivity index (χ4n) is 2.47. The minimum atomic E-state index is -3.72. The van der Waals surface area contributed by atoms with Crippen molar-refractivity contribution in [2.24, 2.45) is 10.1 Å². The van der Waals surface area contributed by atoms with Crippen LogP contribution in [0, 0.1) is 0 Å². The van der Waals surface area contributed by atoms with Gasteiger partial charge in [-0.05, 0) is 42.3 Å². The molecule has 0 amide bonds. The lowest BCUT2D eigenvalue weighted by Crippen LogP contribution is -2.38. The fourth-order valence-corrected chi connectivity index (χ4v) is 3.18. The van der Waals surface area contributed by atoms with Gasteiger partial charge in [-0.1, -0.05) is 23.7 Å². The van der Waals surface area contributed by atoms with Gasteiger partial charge in [-0.2, -0.15) is 8.78 Å². The monoisotopic (exact) mass is 446 g/mol. The molecule has 29 heavy (non-hydrogen) atoms. The van der Waals surface area contributed by atoms with Crippen molar-refractivity contribution in [3.05, 3.63) is 58.6 Å². The van der Waals surface area contributed by atoms with Crippen LogP contribution in [0.5, 0.6) is 5.75 Å². The zero-order chi connectivity index (χ0) is 21.4. The van der Waals surface area contributed by atoms with Gasteiger partial charge in [0.2, 0.25) is 10.0 Å². The Hall–Kier alpha value is -2.43. The van der Waals surface area contributed by atoms with E-state index in [1.807, 2.05) is 0 Å². The van der Waals surface area contributed by atoms with Gasteiger partial charge < -0.3 is 15.4 Å². The van der Waals surface area contributed by atoms with Gasteiger partial charge in [0.1, 0.15) is 5.75 Å². The number of nitrogens with zero attached hydrogens (tertiary/aromatic N) is 1. The number of benzene rings is 2. The summed E-state index contributed by atoms with van der Waals surface area (Å²) in [6.45, 7) is -2.26. The van der Waals surface area contributed by atoms with E-state index in [9.17, 15) is 17.2 Å². The molecule has 2 aromatic carbocycles. The van der Waals surface area contributed by atoms with Crippen LogP contribution in [-0.2, 0) is 23.0 Å². The number of alkyl halides is 2. The first-order valence-corrected chi connectivity index (χ1v) is 10.4. The lowest BCUT2D eigenvalue weighted by molar-refractivity contribution is -0.0504. The van der Waals surface area contributed by atoms with E-state index in [0.717, 1.165) is 5.56 Å². The summed E-state index contributed by atoms with van der Waals surface area (Å²) in [7, 11) is -2.14. The van der Waals surface area contributed by atoms with Crippen LogP contribution in [0.15, 0.2) is 52.4 Å². The van der Waals surface area contributed by atoms with E-state index in [1.54, 1.807) is 19.2 Å². The van der Waals surface area contributed by atoms with Gasteiger partial charge in [-0.15, -0.1) is 0 Å². The minimum Gasteiger partial charge on any atom is -0.434 e. The maximum Gasteiger partial charge on any atom is 0.387 e. The number of guanidine groups is 1. The summed E-state index contributed by atoms with van der Waals surface area (Å²) in [5, 5.41) is 11.6. The van der Waals surface area contributed by atoms with Crippen LogP contribution in [0.25, 0.3) is 0 Å². The Balaban J connectivity index is 1.89. The van der Waals surface area contributed by atoms with Crippen LogP contribution in [0.4, 0.5) is 8.78 Å². The number of nitrogens with two attached hydrogens (primary N) is 1. The Kier molecular flexibility index (Phi) is 8.18. The van der Waals surface area contributed by atoms with Gasteiger partial charge in [-0.3, -0.25) is 4.99 Å². The van der Waals surface area contributed by atoms with Crippen LogP contribution in [0.3, 0.4) is 0 Å². The summed E-state index contributed by atoms with van der Waals surface area (Å²) in [5.74, 6) is 0.483. The second kappa shape index (κ2) is 10.4. The molecule has 158 valence electrons. The van der Waals surface area contributed by atoms with Crippen LogP contribution < -0.4 is 20.5 Å². The topological polar surface area (TPSA) is 106 Å². The molecule has 2 aromatic rings. The molecule has 0 saturated heterocycles. The Morgan fingerprint density at radius 2 is 1.90 bits per heavy atom. The van der Waals surface area contributed by atoms with Gasteiger partial charge in [0.05, 0.1) is 4.90 Å². The maximum absolute atomic E-state index is 12.5. The van der Waals surface area contributed by atoms with Crippen LogP contribution in [-0.4, -0.2) is 34.6 Å². The van der Waals surface area contributed by atoms with Crippen molar-refractivity contribution in [3.8, 4) is 5.75 Å². The highest BCUT2D eigenvalue weighted by atomic mass is 35.5. The van der Waals surface area contributed by atoms with E-state index in [-0.39, 0.29) is 17.2 Å². The molecule has 4 N–H and O–H groups in total. The average Bonchev–Trinajstić information content (AvgIpc) is 2.65. The normalized spacial score (nSPS) is 12.1. The highest BCUT2D eigenvalue weighted by Crippen LogP contribution is 2.24. The molecular formula is C18H21ClF2N4O3S. The molecule has 0 atom stereocenters. The van der Waals surface area contributed by atoms with E-state index in [1.165, 1.54) is 30.3 Å². The first kappa shape index (κ1) is 22.9. The molecule has 0 bridgehead atoms. The number of sulfonamides is 1. The summed E-state index contributed by atoms with van der Waals surface area (Å²) in [6.07, 6.45) is 0.600. The number of nitrogens with one attached hydrogen (secondary N) is 2. The van der Waals surface area contributed by atoms with Gasteiger partial charge in [-0.25, -0.2) is 13.6 Å². The molecule has 0 aromatic heterocycles. The third kappa shape index (κ3) is 7.48. The molecule has 0 aliphatic carbocycles. The van der Waals surface area contributed by atoms with Crippen molar-refractivity contribution >= 4 is 27.6 Å². The predicted octanol–water partition coefficient (Wildman–Crippen LogP) is 2.50. The van der Waals surface area contributed by atoms with Gasteiger partial charge >= 0.3 is 6.61 Å². The van der Waals surface area contributed by atoms with Crippen molar-refractivity contribution in [1.29, 1.82) is 0 Å². The number of ether oxygens (including phenoxy) is 1. The molecule has 0 unspecified atom stereocenters. The minimum absolute atomic E-state index is 0.0299. The van der Waals surface area contributed by atoms with E-state index in [2.05, 4.69) is 20.4 Å². The largest absolute Gasteiger partial charge is 0.434 e. The first-order valence-electron chi connectivity index (χ1n) is 8.48. The van der Waals surface area contributed by atoms with E-state index < -0.39 is 16.6 Å². The fraction of sp³-hybridized carbons (Fsp3) is 0.278. The summed E-state index contributed by atoms with van der Waals surface area (Å²) in [4.78, 5) is 4.12. The molecular weight excluding hydrogens is 426 g/mol. The smallest absolute Gasteiger partial charge is 0.387 e. The molecule has 0 heterocycles. The second-order valence-corrected chi connectivity index (χ2v) is 7.92. The average molecular weight is 447 g/mol. The summed E-state index contributed by atoms with van der Waals surface area (Å²) < 4.78 is 52.1. The highest BCUT2D eigenvalue weighted by molar-refractivity contribution is 7.89. The van der Waals surface area contributed by atoms with Gasteiger partial charge in [0, 0.05) is 30.7 Å². The molecule has 0 spiro atoms. The van der Waals surface area contributed by atoms with Crippen molar-refractivity contribution in [2.75, 3.05) is 13.6 Å². The third-order valence-corrected chi connectivity index (χ3v) is 5.03. The quantitative estimate of drug-likeness (QED) is 0.426. The SMILES string of the molecule is CN=C(NCCc1ccc(S(N)(=O)=O)cc1)NCc1cc(Cl)ccc1OC(F)F. The number of aliphatic imine (C=N–C) groups is 1. The van der Waals surface area contributed by atoms with Crippen molar-refractivity contribution < 1.29 is 21.9 Å². The number of halogens is 3. The van der Waals surface area contributed by atoms with E-state index >= 15 is 0 Å². The molecule has 0 radical (unpaired) electrons. The number of rotatable bonds is 8. The predicted molar refractivity (Wildman–Crippen MR) is 108 cm³/mol. The summed E-state index contributed by atoms with van der Waals surface area (Å²) in [6, 6.07) is 10.6. The van der Waals surface area contributed by atoms with Gasteiger partial charge in [0.15, 0.2) is 5.96 Å². The second-order valence-electron chi connectivity index (χ2n) is 5.92. The van der Waals surface area contributed by atoms with Crippen LogP contribution in [0.1, 0.15) is 11.1 Å². The number of hydrogen-bond donors (Lipinski definition) is 3. The van der Waals surface area contributed by atoms with Crippen molar-refractivity contribution in [2.45, 2.75) is 24.5 Å². The number of hydrogen-bond acceptors (Lipinski definition) is 4. The molecule has 0 fully saturated rings. The molecule has 7 nitrogen and oxygen atoms in total. The molecule has 11 heteroatoms. The Morgan fingerprint density at radius 1 is 1.21 bits per heavy atom. The first-order chi connectivity index (χ1) is 13.7. The third-order valence-electron chi connectivity index (χ3n) is 3.87. The highest BCUT2D eigenvalue weighted by Gasteiger charge is 2.11. The Bertz CT molecular complexity index is 954. The zero-order valence-corrected chi connectivity index (χ0v) is 17.1. The van der Waals surface area contributed by atoms with Crippen LogP contribution >= 0.6 is 11.6 Å². The summed E-state index contributed by atoms with van der Waals surface area (Å²) in [5.41, 5.74) is 1.36. The Morgan fingerprint density at radius 3 is 2.48 bits per heavy atom. The maximum atomic E-state index is 12.5. The van der Waals surface area contributed by atoms with E-state index in [4.69, 9.17) is 16.7 Å². The lowest BCUT2D eigenvalue weighted by atomic mass is 10.1. The van der Waals surface area contributed by atoms with Gasteiger partial charge in [0.25, 0.3) is 0 Å². The standard InChI is InChI=1S/C18H21ClF2N4O3S/c1-23-18(24-9-8-12-2-5-15(6-3-12)29(22,26)27)25-11-13-10-14(19)4-7-16(13)28-17(20)21/h2-7,10,17H,8-9,11H2,1H3,(H2,22,26,27)(H2,23,24,25). The van der Waals surface area contributed by atoms with E-state index in [0.29, 0.717) is 29.5 Å². The van der Waals surface area contributed by atoms with Crippen molar-refractivity contribution in [3.63, 3.8) is 0 Å². The molecule has 0 saturated carbocycles. The van der Waals surface area contributed by atoms with Crippen molar-refractivity contribution in [1.82, 2.24) is 10.6 Å². The number of primary sulfonamides is 1. The Labute approximate surface area is 173 Å². The zero-order valence-electron chi connectivity index (χ0n) is 15.5. The molecule has 2 rings (SSSR count). The molecule has 0 aliphatic heterocycles.